The number of ether oxygens (including phenoxy) is 1. The van der Waals surface area contributed by atoms with Crippen LogP contribution in [0.1, 0.15) is 31.6 Å². The predicted molar refractivity (Wildman–Crippen MR) is 74.1 cm³/mol. The fourth-order valence-electron chi connectivity index (χ4n) is 2.48. The molecule has 0 aromatic carbocycles. The van der Waals surface area contributed by atoms with E-state index >= 15 is 0 Å². The molecule has 1 aliphatic heterocycles. The molecule has 0 spiro atoms. The van der Waals surface area contributed by atoms with Crippen LogP contribution in [0.25, 0.3) is 0 Å². The number of nitrogens with zero attached hydrogens (tertiary/aromatic N) is 6. The highest BCUT2D eigenvalue weighted by atomic mass is 16.6. The van der Waals surface area contributed by atoms with Crippen LogP contribution in [0.15, 0.2) is 16.4 Å². The molecule has 1 saturated heterocycles. The molecule has 10 heteroatoms. The largest absolute Gasteiger partial charge is 0.361 e. The van der Waals surface area contributed by atoms with Crippen LogP contribution < -0.4 is 4.91 Å². The van der Waals surface area contributed by atoms with Crippen LogP contribution in [-0.4, -0.2) is 39.7 Å². The Morgan fingerprint density at radius 3 is 2.91 bits per heavy atom. The number of hydrogen-bond acceptors (Lipinski definition) is 7. The van der Waals surface area contributed by atoms with Crippen molar-refractivity contribution in [3.05, 3.63) is 22.0 Å². The van der Waals surface area contributed by atoms with Gasteiger partial charge in [-0.2, -0.15) is 5.10 Å². The number of rotatable bonds is 3. The van der Waals surface area contributed by atoms with Gasteiger partial charge in [-0.15, -0.1) is 0 Å². The Hall–Kier alpha value is -2.45. The van der Waals surface area contributed by atoms with E-state index in [1.54, 1.807) is 14.0 Å². The summed E-state index contributed by atoms with van der Waals surface area (Å²) in [6, 6.07) is -0.643. The number of aryl methyl sites for hydroxylation is 1. The molecule has 1 aromatic rings. The first kappa shape index (κ1) is 15.9. The second kappa shape index (κ2) is 6.54. The van der Waals surface area contributed by atoms with Gasteiger partial charge >= 0.3 is 5.69 Å². The normalized spacial score (nSPS) is 25.2. The molecule has 0 N–H and O–H groups in total. The highest BCUT2D eigenvalue weighted by Gasteiger charge is 2.38. The molecule has 0 saturated carbocycles. The van der Waals surface area contributed by atoms with Crippen LogP contribution in [-0.2, 0) is 16.6 Å². The molecule has 0 amide bonds. The van der Waals surface area contributed by atoms with Crippen LogP contribution in [0, 0.1) is 10.1 Å². The zero-order valence-corrected chi connectivity index (χ0v) is 12.5. The topological polar surface area (TPSA) is 126 Å². The van der Waals surface area contributed by atoms with E-state index in [0.717, 1.165) is 0 Å². The summed E-state index contributed by atoms with van der Waals surface area (Å²) in [5.74, 6) is -0.209. The average molecular weight is 309 g/mol. The number of hydrogen-bond donors (Lipinski definition) is 0. The summed E-state index contributed by atoms with van der Waals surface area (Å²) in [4.78, 5) is 26.3. The summed E-state index contributed by atoms with van der Waals surface area (Å²) in [6.07, 6.45) is 0.649. The minimum atomic E-state index is -0.734. The van der Waals surface area contributed by atoms with Crippen molar-refractivity contribution in [3.63, 3.8) is 0 Å². The summed E-state index contributed by atoms with van der Waals surface area (Å²) in [6.45, 7) is 1.61. The van der Waals surface area contributed by atoms with E-state index in [-0.39, 0.29) is 11.5 Å². The van der Waals surface area contributed by atoms with Crippen molar-refractivity contribution in [3.8, 4) is 0 Å². The van der Waals surface area contributed by atoms with E-state index < -0.39 is 23.2 Å². The van der Waals surface area contributed by atoms with Gasteiger partial charge in [0.15, 0.2) is 11.8 Å². The van der Waals surface area contributed by atoms with E-state index in [9.17, 15) is 14.9 Å². The maximum Gasteiger partial charge on any atom is 0.312 e. The smallest absolute Gasteiger partial charge is 0.312 e. The van der Waals surface area contributed by atoms with Gasteiger partial charge in [0, 0.05) is 7.05 Å². The number of carbonyl (C=O) groups excluding carboxylic acids is 1. The molecule has 22 heavy (non-hydrogen) atoms. The van der Waals surface area contributed by atoms with Gasteiger partial charge in [0.1, 0.15) is 41.4 Å². The molecule has 0 aliphatic carbocycles. The lowest BCUT2D eigenvalue weighted by Gasteiger charge is -2.17. The Balaban J connectivity index is 2.32. The Morgan fingerprint density at radius 2 is 2.27 bits per heavy atom. The first-order valence-electron chi connectivity index (χ1n) is 6.80. The summed E-state index contributed by atoms with van der Waals surface area (Å²) in [5, 5.41) is 22.4. The zero-order chi connectivity index (χ0) is 16.3. The SMILES string of the molecule is CN=[N+]=NC1CCC(c2c([N+](=O)[O-])cnn2C)OC(C)C1=O. The van der Waals surface area contributed by atoms with Crippen LogP contribution in [0.3, 0.4) is 0 Å². The highest BCUT2D eigenvalue weighted by molar-refractivity contribution is 5.88. The first-order chi connectivity index (χ1) is 10.5. The van der Waals surface area contributed by atoms with Gasteiger partial charge in [-0.05, 0) is 19.8 Å². The maximum atomic E-state index is 12.2. The zero-order valence-electron chi connectivity index (χ0n) is 12.5. The number of aromatic nitrogens is 2. The van der Waals surface area contributed by atoms with Crippen LogP contribution >= 0.6 is 0 Å². The van der Waals surface area contributed by atoms with Crippen molar-refractivity contribution in [1.82, 2.24) is 14.7 Å². The monoisotopic (exact) mass is 309 g/mol. The standard InChI is InChI=1S/C12H17N6O4/c1-7-12(19)8(15-16-13-2)4-5-10(22-7)11-9(18(20)21)6-14-17(11)3/h6-8,10H,4-5H2,1-3H3/q+1. The Kier molecular flexibility index (Phi) is 4.74. The highest BCUT2D eigenvalue weighted by Crippen LogP contribution is 2.34. The Morgan fingerprint density at radius 1 is 1.55 bits per heavy atom. The minimum Gasteiger partial charge on any atom is -0.361 e. The summed E-state index contributed by atoms with van der Waals surface area (Å²) in [5.41, 5.74) is 0.234. The average Bonchev–Trinajstić information content (AvgIpc) is 2.80. The number of ketones is 1. The number of nitro groups is 1. The molecule has 2 heterocycles. The minimum absolute atomic E-state index is 0.115. The van der Waals surface area contributed by atoms with Crippen molar-refractivity contribution < 1.29 is 14.5 Å². The molecule has 3 unspecified atom stereocenters. The van der Waals surface area contributed by atoms with Crippen molar-refractivity contribution in [1.29, 1.82) is 0 Å². The van der Waals surface area contributed by atoms with Crippen LogP contribution in [0.4, 0.5) is 5.69 Å². The molecule has 0 radical (unpaired) electrons. The molecule has 10 nitrogen and oxygen atoms in total. The van der Waals surface area contributed by atoms with Gasteiger partial charge in [0.25, 0.3) is 0 Å². The van der Waals surface area contributed by atoms with Gasteiger partial charge in [-0.25, -0.2) is 0 Å². The van der Waals surface area contributed by atoms with E-state index in [1.165, 1.54) is 17.9 Å². The molecule has 1 aromatic heterocycles. The number of Topliss-reactive ketones (excluding diaryl/α,β-unsaturated/α-hetero) is 1. The van der Waals surface area contributed by atoms with Crippen LogP contribution in [0.2, 0.25) is 0 Å². The third kappa shape index (κ3) is 3.07. The van der Waals surface area contributed by atoms with Crippen molar-refractivity contribution in [2.75, 3.05) is 7.05 Å². The second-order valence-corrected chi connectivity index (χ2v) is 4.96. The first-order valence-corrected chi connectivity index (χ1v) is 6.80. The summed E-state index contributed by atoms with van der Waals surface area (Å²) in [7, 11) is 3.07. The molecular weight excluding hydrogens is 292 g/mol. The van der Waals surface area contributed by atoms with Gasteiger partial charge in [-0.1, -0.05) is 0 Å². The number of carbonyl (C=O) groups is 1. The molecular formula is C12H17N6O4+. The van der Waals surface area contributed by atoms with E-state index in [2.05, 4.69) is 20.2 Å². The molecule has 118 valence electrons. The molecule has 1 aliphatic rings. The lowest BCUT2D eigenvalue weighted by atomic mass is 10.0. The quantitative estimate of drug-likeness (QED) is 0.357. The third-order valence-corrected chi connectivity index (χ3v) is 3.55. The van der Waals surface area contributed by atoms with Gasteiger partial charge in [0.2, 0.25) is 4.91 Å². The van der Waals surface area contributed by atoms with Gasteiger partial charge in [-0.3, -0.25) is 19.6 Å². The molecule has 1 fully saturated rings. The molecule has 3 atom stereocenters. The van der Waals surface area contributed by atoms with Crippen molar-refractivity contribution in [2.45, 2.75) is 38.0 Å². The Labute approximate surface area is 126 Å². The van der Waals surface area contributed by atoms with E-state index in [1.807, 2.05) is 0 Å². The summed E-state index contributed by atoms with van der Waals surface area (Å²) < 4.78 is 7.11. The Bertz CT molecular complexity index is 648. The van der Waals surface area contributed by atoms with E-state index in [4.69, 9.17) is 4.74 Å². The lowest BCUT2D eigenvalue weighted by Crippen LogP contribution is -2.28. The fraction of sp³-hybridized carbons (Fsp3) is 0.667. The predicted octanol–water partition coefficient (Wildman–Crippen LogP) is 1.11. The van der Waals surface area contributed by atoms with Crippen molar-refractivity contribution >= 4 is 11.5 Å². The molecule has 2 rings (SSSR count). The van der Waals surface area contributed by atoms with Crippen molar-refractivity contribution in [2.24, 2.45) is 17.3 Å². The summed E-state index contributed by atoms with van der Waals surface area (Å²) >= 11 is 0. The van der Waals surface area contributed by atoms with Gasteiger partial charge < -0.3 is 4.74 Å². The second-order valence-electron chi connectivity index (χ2n) is 4.96. The van der Waals surface area contributed by atoms with E-state index in [0.29, 0.717) is 18.5 Å². The van der Waals surface area contributed by atoms with Gasteiger partial charge in [0.05, 0.1) is 4.92 Å². The maximum absolute atomic E-state index is 12.2. The molecule has 0 bridgehead atoms. The van der Waals surface area contributed by atoms with Crippen LogP contribution in [0.5, 0.6) is 0 Å². The third-order valence-electron chi connectivity index (χ3n) is 3.55. The fourth-order valence-corrected chi connectivity index (χ4v) is 2.48. The lowest BCUT2D eigenvalue weighted by molar-refractivity contribution is -0.386.